The second kappa shape index (κ2) is 15.0. The molecule has 0 aliphatic rings. The summed E-state index contributed by atoms with van der Waals surface area (Å²) in [6.45, 7) is 1.19. The number of unbranched alkanes of at least 4 members (excludes halogenated alkanes) is 1. The van der Waals surface area contributed by atoms with Crippen molar-refractivity contribution in [2.75, 3.05) is 26.3 Å². The van der Waals surface area contributed by atoms with Gasteiger partial charge in [0.05, 0.1) is 12.1 Å². The molecule has 0 heterocycles. The van der Waals surface area contributed by atoms with E-state index in [1.54, 1.807) is 19.1 Å². The Labute approximate surface area is 236 Å². The number of aliphatic carboxylic acids is 1. The molecule has 42 heavy (non-hydrogen) atoms. The minimum Gasteiger partial charge on any atom is -0.492 e. The van der Waals surface area contributed by atoms with Crippen LogP contribution in [0.3, 0.4) is 0 Å². The van der Waals surface area contributed by atoms with Crippen LogP contribution < -0.4 is 9.47 Å². The SMILES string of the molecule is CCOC(Cc1ccc(OCCN(CCCCC(F)(F)C(F)(F)F)C(=O)Oc2ccc(C(F)(F)F)cc2)cc1)C(=O)O. The smallest absolute Gasteiger partial charge is 0.453 e. The Kier molecular flexibility index (Phi) is 12.4. The minimum atomic E-state index is -5.71. The fourth-order valence-corrected chi connectivity index (χ4v) is 3.59. The average molecular weight is 616 g/mol. The van der Waals surface area contributed by atoms with Crippen LogP contribution in [0.1, 0.15) is 37.3 Å². The zero-order valence-corrected chi connectivity index (χ0v) is 22.3. The van der Waals surface area contributed by atoms with Crippen LogP contribution in [0.2, 0.25) is 0 Å². The standard InChI is InChI=1S/C27H29F8NO6/c1-2-40-22(23(37)38)17-18-5-9-20(10-6-18)41-16-15-36(14-4-3-13-25(28,29)27(33,34)35)24(39)42-21-11-7-19(8-12-21)26(30,31)32/h5-12,22H,2-4,13-17H2,1H3,(H,37,38). The highest BCUT2D eigenvalue weighted by Gasteiger charge is 2.56. The van der Waals surface area contributed by atoms with Gasteiger partial charge in [0.1, 0.15) is 18.1 Å². The predicted molar refractivity (Wildman–Crippen MR) is 133 cm³/mol. The normalized spacial score (nSPS) is 13.0. The van der Waals surface area contributed by atoms with Crippen molar-refractivity contribution >= 4 is 12.1 Å². The van der Waals surface area contributed by atoms with E-state index in [2.05, 4.69) is 0 Å². The largest absolute Gasteiger partial charge is 0.492 e. The summed E-state index contributed by atoms with van der Waals surface area (Å²) in [6, 6.07) is 9.44. The molecule has 1 amide bonds. The topological polar surface area (TPSA) is 85.3 Å². The molecule has 0 fully saturated rings. The number of alkyl halides is 8. The van der Waals surface area contributed by atoms with Crippen LogP contribution in [-0.2, 0) is 22.1 Å². The lowest BCUT2D eigenvalue weighted by molar-refractivity contribution is -0.284. The number of rotatable bonds is 15. The summed E-state index contributed by atoms with van der Waals surface area (Å²) in [5.41, 5.74) is -0.346. The summed E-state index contributed by atoms with van der Waals surface area (Å²) in [5, 5.41) is 9.20. The fourth-order valence-electron chi connectivity index (χ4n) is 3.59. The number of benzene rings is 2. The number of carbonyl (C=O) groups excluding carboxylic acids is 1. The summed E-state index contributed by atoms with van der Waals surface area (Å²) in [4.78, 5) is 24.9. The molecule has 0 aromatic heterocycles. The third-order valence-corrected chi connectivity index (χ3v) is 5.85. The van der Waals surface area contributed by atoms with Crippen LogP contribution in [0, 0.1) is 0 Å². The van der Waals surface area contributed by atoms with Crippen molar-refractivity contribution in [1.82, 2.24) is 4.90 Å². The Bertz CT molecular complexity index is 1140. The molecule has 2 rings (SSSR count). The Morgan fingerprint density at radius 2 is 1.45 bits per heavy atom. The van der Waals surface area contributed by atoms with Gasteiger partial charge < -0.3 is 24.2 Å². The van der Waals surface area contributed by atoms with E-state index < -0.39 is 54.8 Å². The van der Waals surface area contributed by atoms with E-state index in [-0.39, 0.29) is 44.9 Å². The molecule has 0 bridgehead atoms. The number of amides is 1. The van der Waals surface area contributed by atoms with Gasteiger partial charge in [-0.15, -0.1) is 0 Å². The van der Waals surface area contributed by atoms with E-state index in [1.807, 2.05) is 0 Å². The van der Waals surface area contributed by atoms with Crippen LogP contribution in [0.5, 0.6) is 11.5 Å². The van der Waals surface area contributed by atoms with E-state index in [0.29, 0.717) is 23.4 Å². The molecule has 15 heteroatoms. The number of hydrogen-bond donors (Lipinski definition) is 1. The lowest BCUT2D eigenvalue weighted by atomic mass is 10.1. The van der Waals surface area contributed by atoms with Crippen LogP contribution >= 0.6 is 0 Å². The van der Waals surface area contributed by atoms with Crippen molar-refractivity contribution in [1.29, 1.82) is 0 Å². The maximum absolute atomic E-state index is 13.2. The maximum Gasteiger partial charge on any atom is 0.453 e. The summed E-state index contributed by atoms with van der Waals surface area (Å²) >= 11 is 0. The lowest BCUT2D eigenvalue weighted by Gasteiger charge is -2.23. The summed E-state index contributed by atoms with van der Waals surface area (Å²) in [5.74, 6) is -5.95. The number of nitrogens with zero attached hydrogens (tertiary/aromatic N) is 1. The van der Waals surface area contributed by atoms with E-state index >= 15 is 0 Å². The molecule has 1 atom stereocenters. The fraction of sp³-hybridized carbons (Fsp3) is 0.481. The Balaban J connectivity index is 2.01. The third kappa shape index (κ3) is 11.0. The van der Waals surface area contributed by atoms with Gasteiger partial charge in [0.2, 0.25) is 0 Å². The Hall–Kier alpha value is -3.62. The first-order valence-electron chi connectivity index (χ1n) is 12.7. The molecule has 2 aromatic rings. The molecule has 0 aliphatic heterocycles. The Morgan fingerprint density at radius 1 is 0.857 bits per heavy atom. The van der Waals surface area contributed by atoms with Gasteiger partial charge in [-0.3, -0.25) is 0 Å². The highest BCUT2D eigenvalue weighted by atomic mass is 19.4. The van der Waals surface area contributed by atoms with Crippen molar-refractivity contribution in [3.63, 3.8) is 0 Å². The van der Waals surface area contributed by atoms with Crippen molar-refractivity contribution < 1.29 is 64.0 Å². The summed E-state index contributed by atoms with van der Waals surface area (Å²) < 4.78 is 118. The molecular weight excluding hydrogens is 586 g/mol. The summed E-state index contributed by atoms with van der Waals surface area (Å²) in [7, 11) is 0. The second-order valence-electron chi connectivity index (χ2n) is 9.02. The van der Waals surface area contributed by atoms with E-state index in [4.69, 9.17) is 14.2 Å². The number of carboxylic acid groups (broad SMARTS) is 1. The van der Waals surface area contributed by atoms with Crippen LogP contribution in [-0.4, -0.2) is 66.6 Å². The summed E-state index contributed by atoms with van der Waals surface area (Å²) in [6.07, 6.45) is -14.7. The van der Waals surface area contributed by atoms with Gasteiger partial charge in [0.15, 0.2) is 6.10 Å². The van der Waals surface area contributed by atoms with Gasteiger partial charge in [-0.2, -0.15) is 35.1 Å². The van der Waals surface area contributed by atoms with Crippen molar-refractivity contribution in [3.8, 4) is 11.5 Å². The average Bonchev–Trinajstić information content (AvgIpc) is 2.89. The van der Waals surface area contributed by atoms with Gasteiger partial charge in [-0.1, -0.05) is 12.1 Å². The van der Waals surface area contributed by atoms with Crippen LogP contribution in [0.15, 0.2) is 48.5 Å². The number of carboxylic acids is 1. The first-order valence-corrected chi connectivity index (χ1v) is 12.7. The molecule has 7 nitrogen and oxygen atoms in total. The molecule has 0 saturated heterocycles. The monoisotopic (exact) mass is 615 g/mol. The number of carbonyl (C=O) groups is 2. The quantitative estimate of drug-likeness (QED) is 0.172. The molecule has 1 unspecified atom stereocenters. The lowest BCUT2D eigenvalue weighted by Crippen LogP contribution is -2.38. The number of ether oxygens (including phenoxy) is 3. The molecule has 0 radical (unpaired) electrons. The predicted octanol–water partition coefficient (Wildman–Crippen LogP) is 6.99. The van der Waals surface area contributed by atoms with Crippen LogP contribution in [0.25, 0.3) is 0 Å². The van der Waals surface area contributed by atoms with Crippen LogP contribution in [0.4, 0.5) is 39.9 Å². The Morgan fingerprint density at radius 3 is 1.98 bits per heavy atom. The van der Waals surface area contributed by atoms with Gasteiger partial charge in [-0.25, -0.2) is 9.59 Å². The first-order chi connectivity index (χ1) is 19.5. The minimum absolute atomic E-state index is 0.0976. The van der Waals surface area contributed by atoms with Crippen molar-refractivity contribution in [2.45, 2.75) is 57.0 Å². The van der Waals surface area contributed by atoms with Gasteiger partial charge in [0.25, 0.3) is 0 Å². The van der Waals surface area contributed by atoms with Gasteiger partial charge in [0, 0.05) is 26.0 Å². The highest BCUT2D eigenvalue weighted by Crippen LogP contribution is 2.39. The molecule has 0 aliphatic carbocycles. The zero-order valence-electron chi connectivity index (χ0n) is 22.3. The molecule has 0 saturated carbocycles. The molecule has 1 N–H and O–H groups in total. The van der Waals surface area contributed by atoms with E-state index in [1.165, 1.54) is 12.1 Å². The third-order valence-electron chi connectivity index (χ3n) is 5.85. The van der Waals surface area contributed by atoms with Crippen molar-refractivity contribution in [2.24, 2.45) is 0 Å². The molecule has 2 aromatic carbocycles. The van der Waals surface area contributed by atoms with E-state index in [0.717, 1.165) is 17.0 Å². The zero-order chi connectivity index (χ0) is 31.6. The van der Waals surface area contributed by atoms with Crippen molar-refractivity contribution in [3.05, 3.63) is 59.7 Å². The molecule has 0 spiro atoms. The first kappa shape index (κ1) is 34.6. The highest BCUT2D eigenvalue weighted by molar-refractivity contribution is 5.72. The van der Waals surface area contributed by atoms with Gasteiger partial charge >= 0.3 is 30.3 Å². The number of hydrogen-bond acceptors (Lipinski definition) is 5. The molecule has 234 valence electrons. The second-order valence-corrected chi connectivity index (χ2v) is 9.02. The number of halogens is 8. The molecular formula is C27H29F8NO6. The van der Waals surface area contributed by atoms with E-state index in [9.17, 15) is 49.8 Å². The van der Waals surface area contributed by atoms with Gasteiger partial charge in [-0.05, 0) is 61.7 Å². The maximum atomic E-state index is 13.2.